The van der Waals surface area contributed by atoms with E-state index in [1.807, 2.05) is 18.2 Å². The lowest BCUT2D eigenvalue weighted by Crippen LogP contribution is -2.58. The predicted octanol–water partition coefficient (Wildman–Crippen LogP) is 4.45. The summed E-state index contributed by atoms with van der Waals surface area (Å²) in [6, 6.07) is 8.19. The molecule has 16 heteroatoms. The monoisotopic (exact) mass is 651 g/mol. The van der Waals surface area contributed by atoms with Gasteiger partial charge in [0.2, 0.25) is 10.0 Å². The van der Waals surface area contributed by atoms with Crippen LogP contribution in [-0.4, -0.2) is 88.0 Å². The Labute approximate surface area is 259 Å². The van der Waals surface area contributed by atoms with Crippen molar-refractivity contribution in [1.82, 2.24) is 14.3 Å². The Hall–Kier alpha value is -3.72. The SMILES string of the molecule is CCS(=O)(=O)N1CCN2c3ccc(Nc4cc(N(C)C(=O)Nc5c(Cl)c(OC)cc(OC)c5Cl)ncn4)cc3OC[C@@H]2C1. The molecule has 2 N–H and O–H groups in total. The number of carbonyl (C=O) groups excluding carboxylic acids is 1. The van der Waals surface area contributed by atoms with Crippen molar-refractivity contribution in [3.8, 4) is 17.2 Å². The number of aromatic nitrogens is 2. The van der Waals surface area contributed by atoms with Crippen LogP contribution in [0, 0.1) is 0 Å². The van der Waals surface area contributed by atoms with Crippen molar-refractivity contribution in [3.05, 3.63) is 46.7 Å². The molecular weight excluding hydrogens is 621 g/mol. The second-order valence-corrected chi connectivity index (χ2v) is 12.8. The van der Waals surface area contributed by atoms with E-state index in [4.69, 9.17) is 37.4 Å². The molecule has 0 bridgehead atoms. The number of hydrogen-bond acceptors (Lipinski definition) is 10. The third kappa shape index (κ3) is 6.18. The van der Waals surface area contributed by atoms with Gasteiger partial charge in [-0.25, -0.2) is 23.2 Å². The van der Waals surface area contributed by atoms with Crippen LogP contribution < -0.4 is 34.6 Å². The lowest BCUT2D eigenvalue weighted by Gasteiger charge is -2.45. The zero-order valence-corrected chi connectivity index (χ0v) is 26.3. The molecule has 43 heavy (non-hydrogen) atoms. The van der Waals surface area contributed by atoms with Crippen molar-refractivity contribution in [1.29, 1.82) is 0 Å². The summed E-state index contributed by atoms with van der Waals surface area (Å²) in [5.74, 6) is 2.07. The van der Waals surface area contributed by atoms with Crippen LogP contribution in [-0.2, 0) is 10.0 Å². The lowest BCUT2D eigenvalue weighted by molar-refractivity contribution is 0.216. The van der Waals surface area contributed by atoms with Gasteiger partial charge in [-0.3, -0.25) is 4.90 Å². The fourth-order valence-corrected chi connectivity index (χ4v) is 6.61. The zero-order valence-electron chi connectivity index (χ0n) is 23.9. The normalized spacial score (nSPS) is 16.4. The smallest absolute Gasteiger partial charge is 0.327 e. The zero-order chi connectivity index (χ0) is 30.9. The molecule has 230 valence electrons. The van der Waals surface area contributed by atoms with Gasteiger partial charge in [0.25, 0.3) is 0 Å². The molecule has 5 rings (SSSR count). The van der Waals surface area contributed by atoms with E-state index in [-0.39, 0.29) is 39.0 Å². The van der Waals surface area contributed by atoms with Crippen molar-refractivity contribution in [3.63, 3.8) is 0 Å². The number of ether oxygens (including phenoxy) is 3. The number of halogens is 2. The van der Waals surface area contributed by atoms with Crippen molar-refractivity contribution in [2.24, 2.45) is 0 Å². The Morgan fingerprint density at radius 2 is 1.84 bits per heavy atom. The molecule has 3 heterocycles. The number of rotatable bonds is 8. The number of methoxy groups -OCH3 is 2. The van der Waals surface area contributed by atoms with Gasteiger partial charge in [-0.1, -0.05) is 23.2 Å². The maximum atomic E-state index is 13.1. The molecule has 0 radical (unpaired) electrons. The minimum Gasteiger partial charge on any atom is -0.495 e. The number of amides is 2. The Bertz CT molecular complexity index is 1620. The van der Waals surface area contributed by atoms with Crippen LogP contribution in [0.1, 0.15) is 6.92 Å². The van der Waals surface area contributed by atoms with Gasteiger partial charge in [-0.15, -0.1) is 0 Å². The van der Waals surface area contributed by atoms with Gasteiger partial charge in [-0.2, -0.15) is 4.31 Å². The first-order valence-electron chi connectivity index (χ1n) is 13.3. The molecule has 13 nitrogen and oxygen atoms in total. The van der Waals surface area contributed by atoms with Gasteiger partial charge in [0, 0.05) is 50.6 Å². The molecule has 3 aromatic rings. The number of hydrogen-bond donors (Lipinski definition) is 2. The topological polar surface area (TPSA) is 138 Å². The number of fused-ring (bicyclic) bond motifs is 3. The van der Waals surface area contributed by atoms with Crippen molar-refractivity contribution < 1.29 is 27.4 Å². The van der Waals surface area contributed by atoms with Crippen LogP contribution >= 0.6 is 23.2 Å². The first-order chi connectivity index (χ1) is 20.6. The van der Waals surface area contributed by atoms with Crippen LogP contribution in [0.3, 0.4) is 0 Å². The molecule has 0 spiro atoms. The minimum absolute atomic E-state index is 0.0599. The number of carbonyl (C=O) groups is 1. The fourth-order valence-electron chi connectivity index (χ4n) is 4.89. The predicted molar refractivity (Wildman–Crippen MR) is 166 cm³/mol. The molecule has 0 saturated carbocycles. The summed E-state index contributed by atoms with van der Waals surface area (Å²) >= 11 is 12.8. The first kappa shape index (κ1) is 30.7. The summed E-state index contributed by atoms with van der Waals surface area (Å²) < 4.78 is 42.8. The Balaban J connectivity index is 1.29. The second-order valence-electron chi connectivity index (χ2n) is 9.76. The largest absolute Gasteiger partial charge is 0.495 e. The molecule has 2 aliphatic rings. The third-order valence-electron chi connectivity index (χ3n) is 7.28. The van der Waals surface area contributed by atoms with E-state index in [9.17, 15) is 13.2 Å². The van der Waals surface area contributed by atoms with E-state index in [0.717, 1.165) is 5.69 Å². The molecular formula is C27H31Cl2N7O6S. The third-order valence-corrected chi connectivity index (χ3v) is 9.88. The minimum atomic E-state index is -3.25. The Kier molecular flexibility index (Phi) is 8.92. The summed E-state index contributed by atoms with van der Waals surface area (Å²) in [5, 5.41) is 6.15. The van der Waals surface area contributed by atoms with Crippen LogP contribution in [0.2, 0.25) is 10.0 Å². The average molecular weight is 653 g/mol. The van der Waals surface area contributed by atoms with Crippen molar-refractivity contribution >= 4 is 68.0 Å². The van der Waals surface area contributed by atoms with Crippen LogP contribution in [0.15, 0.2) is 36.7 Å². The van der Waals surface area contributed by atoms with Gasteiger partial charge in [0.15, 0.2) is 0 Å². The highest BCUT2D eigenvalue weighted by Gasteiger charge is 2.36. The molecule has 2 aliphatic heterocycles. The van der Waals surface area contributed by atoms with Crippen LogP contribution in [0.4, 0.5) is 33.5 Å². The highest BCUT2D eigenvalue weighted by atomic mass is 35.5. The van der Waals surface area contributed by atoms with E-state index in [2.05, 4.69) is 25.5 Å². The number of urea groups is 1. The molecule has 1 atom stereocenters. The van der Waals surface area contributed by atoms with Crippen molar-refractivity contribution in [2.45, 2.75) is 13.0 Å². The summed E-state index contributed by atoms with van der Waals surface area (Å²) in [6.07, 6.45) is 1.33. The molecule has 0 aliphatic carbocycles. The van der Waals surface area contributed by atoms with E-state index in [0.29, 0.717) is 49.3 Å². The van der Waals surface area contributed by atoms with Crippen LogP contribution in [0.25, 0.3) is 0 Å². The first-order valence-corrected chi connectivity index (χ1v) is 15.7. The van der Waals surface area contributed by atoms with Gasteiger partial charge in [-0.05, 0) is 19.1 Å². The highest BCUT2D eigenvalue weighted by Crippen LogP contribution is 2.44. The number of piperazine rings is 1. The number of anilines is 5. The molecule has 1 saturated heterocycles. The lowest BCUT2D eigenvalue weighted by atomic mass is 10.1. The summed E-state index contributed by atoms with van der Waals surface area (Å²) in [4.78, 5) is 25.1. The van der Waals surface area contributed by atoms with Gasteiger partial charge in [0.1, 0.15) is 51.9 Å². The van der Waals surface area contributed by atoms with E-state index in [1.165, 1.54) is 38.6 Å². The second kappa shape index (κ2) is 12.5. The maximum absolute atomic E-state index is 13.1. The maximum Gasteiger partial charge on any atom is 0.327 e. The van der Waals surface area contributed by atoms with E-state index >= 15 is 0 Å². The highest BCUT2D eigenvalue weighted by molar-refractivity contribution is 7.89. The summed E-state index contributed by atoms with van der Waals surface area (Å²) in [5.41, 5.74) is 1.75. The molecule has 1 aromatic heterocycles. The van der Waals surface area contributed by atoms with E-state index < -0.39 is 16.1 Å². The van der Waals surface area contributed by atoms with Gasteiger partial charge >= 0.3 is 6.03 Å². The summed E-state index contributed by atoms with van der Waals surface area (Å²) in [6.45, 7) is 3.43. The summed E-state index contributed by atoms with van der Waals surface area (Å²) in [7, 11) is 1.17. The molecule has 2 amide bonds. The quantitative estimate of drug-likeness (QED) is 0.359. The number of nitrogens with zero attached hydrogens (tertiary/aromatic N) is 5. The Morgan fingerprint density at radius 1 is 1.12 bits per heavy atom. The van der Waals surface area contributed by atoms with E-state index in [1.54, 1.807) is 17.3 Å². The molecule has 1 fully saturated rings. The number of nitrogens with one attached hydrogen (secondary N) is 2. The molecule has 0 unspecified atom stereocenters. The molecule has 2 aromatic carbocycles. The number of benzene rings is 2. The average Bonchev–Trinajstić information content (AvgIpc) is 3.02. The number of sulfonamides is 1. The van der Waals surface area contributed by atoms with Crippen LogP contribution in [0.5, 0.6) is 17.2 Å². The van der Waals surface area contributed by atoms with Gasteiger partial charge < -0.3 is 29.7 Å². The van der Waals surface area contributed by atoms with Gasteiger partial charge in [0.05, 0.1) is 37.4 Å². The van der Waals surface area contributed by atoms with Crippen molar-refractivity contribution in [2.75, 3.05) is 73.7 Å². The fraction of sp³-hybridized carbons (Fsp3) is 0.370. The standard InChI is InChI=1S/C27H31Cl2N7O6S/c1-5-43(38,39)35-8-9-36-17(13-35)14-42-19-10-16(6-7-18(19)36)32-22-12-23(31-15-30-22)34(2)27(37)33-26-24(28)20(40-3)11-21(41-4)25(26)29/h6-7,10-12,15,17H,5,8-9,13-14H2,1-4H3,(H,33,37)(H,30,31,32)/t17-/m0/s1. The Morgan fingerprint density at radius 3 is 2.51 bits per heavy atom.